The third kappa shape index (κ3) is 2.59. The van der Waals surface area contributed by atoms with Crippen molar-refractivity contribution in [2.45, 2.75) is 50.7 Å². The maximum atomic E-state index is 6.22. The zero-order valence-electron chi connectivity index (χ0n) is 11.8. The van der Waals surface area contributed by atoms with E-state index in [4.69, 9.17) is 4.74 Å². The molecule has 1 spiro atoms. The van der Waals surface area contributed by atoms with E-state index in [1.165, 1.54) is 43.6 Å². The van der Waals surface area contributed by atoms with Crippen molar-refractivity contribution in [3.8, 4) is 0 Å². The predicted octanol–water partition coefficient (Wildman–Crippen LogP) is 2.92. The monoisotopic (exact) mass is 269 g/mol. The second kappa shape index (κ2) is 5.34. The molecule has 3 heteroatoms. The number of ether oxygens (including phenoxy) is 1. The first-order chi connectivity index (χ1) is 8.74. The highest BCUT2D eigenvalue weighted by molar-refractivity contribution is 7.99. The fourth-order valence-corrected chi connectivity index (χ4v) is 5.35. The number of hydrogen-bond donors (Lipinski definition) is 1. The summed E-state index contributed by atoms with van der Waals surface area (Å²) in [5.74, 6) is 5.34. The lowest BCUT2D eigenvalue weighted by Gasteiger charge is -2.45. The van der Waals surface area contributed by atoms with Gasteiger partial charge in [-0.2, -0.15) is 11.8 Å². The molecule has 1 N–H and O–H groups in total. The molecular weight excluding hydrogens is 242 g/mol. The van der Waals surface area contributed by atoms with Crippen molar-refractivity contribution >= 4 is 11.8 Å². The standard InChI is InChI=1S/C15H27NOS/c1-11-9-13(11)14(16-2)12-3-6-17-15(10-12)4-7-18-8-5-15/h11-14,16H,3-10H2,1-2H3. The van der Waals surface area contributed by atoms with Gasteiger partial charge < -0.3 is 10.1 Å². The van der Waals surface area contributed by atoms with Crippen LogP contribution in [0.25, 0.3) is 0 Å². The Hall–Kier alpha value is 0.270. The summed E-state index contributed by atoms with van der Waals surface area (Å²) in [6, 6.07) is 0.746. The highest BCUT2D eigenvalue weighted by Crippen LogP contribution is 2.47. The third-order valence-corrected chi connectivity index (χ3v) is 6.39. The Bertz CT molecular complexity index is 285. The zero-order chi connectivity index (χ0) is 12.6. The zero-order valence-corrected chi connectivity index (χ0v) is 12.6. The molecule has 0 bridgehead atoms. The number of hydrogen-bond acceptors (Lipinski definition) is 3. The molecule has 4 atom stereocenters. The van der Waals surface area contributed by atoms with Crippen LogP contribution in [0.2, 0.25) is 0 Å². The number of nitrogens with one attached hydrogen (secondary N) is 1. The van der Waals surface area contributed by atoms with E-state index in [-0.39, 0.29) is 5.60 Å². The second-order valence-corrected chi connectivity index (χ2v) is 7.81. The van der Waals surface area contributed by atoms with E-state index in [0.29, 0.717) is 0 Å². The number of thioether (sulfide) groups is 1. The van der Waals surface area contributed by atoms with Crippen molar-refractivity contribution in [3.63, 3.8) is 0 Å². The maximum Gasteiger partial charge on any atom is 0.0701 e. The quantitative estimate of drug-likeness (QED) is 0.851. The molecule has 3 aliphatic rings. The molecule has 2 aliphatic heterocycles. The Morgan fingerprint density at radius 2 is 2.06 bits per heavy atom. The van der Waals surface area contributed by atoms with Gasteiger partial charge in [0.25, 0.3) is 0 Å². The van der Waals surface area contributed by atoms with E-state index in [1.54, 1.807) is 0 Å². The van der Waals surface area contributed by atoms with Crippen LogP contribution in [-0.4, -0.2) is 36.8 Å². The fourth-order valence-electron chi connectivity index (χ4n) is 4.11. The van der Waals surface area contributed by atoms with Crippen LogP contribution in [0, 0.1) is 17.8 Å². The van der Waals surface area contributed by atoms with Gasteiger partial charge in [0.1, 0.15) is 0 Å². The molecule has 3 rings (SSSR count). The van der Waals surface area contributed by atoms with Crippen LogP contribution in [0.1, 0.15) is 39.0 Å². The lowest BCUT2D eigenvalue weighted by atomic mass is 9.77. The average molecular weight is 269 g/mol. The van der Waals surface area contributed by atoms with E-state index in [2.05, 4.69) is 31.1 Å². The van der Waals surface area contributed by atoms with Gasteiger partial charge in [-0.1, -0.05) is 6.92 Å². The maximum absolute atomic E-state index is 6.22. The number of rotatable bonds is 3. The minimum Gasteiger partial charge on any atom is -0.375 e. The molecule has 4 unspecified atom stereocenters. The molecular formula is C15H27NOS. The molecule has 0 aromatic heterocycles. The molecule has 18 heavy (non-hydrogen) atoms. The van der Waals surface area contributed by atoms with Crippen LogP contribution < -0.4 is 5.32 Å². The summed E-state index contributed by atoms with van der Waals surface area (Å²) < 4.78 is 6.22. The largest absolute Gasteiger partial charge is 0.375 e. The van der Waals surface area contributed by atoms with E-state index < -0.39 is 0 Å². The lowest BCUT2D eigenvalue weighted by molar-refractivity contribution is -0.108. The van der Waals surface area contributed by atoms with Gasteiger partial charge in [-0.15, -0.1) is 0 Å². The summed E-state index contributed by atoms with van der Waals surface area (Å²) in [7, 11) is 2.16. The van der Waals surface area contributed by atoms with Crippen LogP contribution in [0.15, 0.2) is 0 Å². The Morgan fingerprint density at radius 1 is 1.33 bits per heavy atom. The van der Waals surface area contributed by atoms with Gasteiger partial charge in [0.2, 0.25) is 0 Å². The highest BCUT2D eigenvalue weighted by Gasteiger charge is 2.47. The minimum atomic E-state index is 0.251. The molecule has 1 saturated carbocycles. The molecule has 3 fully saturated rings. The minimum absolute atomic E-state index is 0.251. The van der Waals surface area contributed by atoms with Crippen molar-refractivity contribution in [3.05, 3.63) is 0 Å². The summed E-state index contributed by atoms with van der Waals surface area (Å²) in [6.07, 6.45) is 6.58. The SMILES string of the molecule is CNC(C1CCOC2(CCSCC2)C1)C1CC1C. The first-order valence-electron chi connectivity index (χ1n) is 7.63. The molecule has 0 amide bonds. The van der Waals surface area contributed by atoms with Crippen molar-refractivity contribution in [1.29, 1.82) is 0 Å². The van der Waals surface area contributed by atoms with Crippen molar-refractivity contribution in [2.75, 3.05) is 25.2 Å². The van der Waals surface area contributed by atoms with Crippen LogP contribution in [0.4, 0.5) is 0 Å². The van der Waals surface area contributed by atoms with Crippen LogP contribution >= 0.6 is 11.8 Å². The first-order valence-corrected chi connectivity index (χ1v) is 8.78. The van der Waals surface area contributed by atoms with Crippen molar-refractivity contribution in [2.24, 2.45) is 17.8 Å². The van der Waals surface area contributed by atoms with Crippen molar-refractivity contribution in [1.82, 2.24) is 5.32 Å². The van der Waals surface area contributed by atoms with Crippen molar-refractivity contribution < 1.29 is 4.74 Å². The van der Waals surface area contributed by atoms with Crippen LogP contribution in [-0.2, 0) is 4.74 Å². The van der Waals surface area contributed by atoms with E-state index in [0.717, 1.165) is 30.4 Å². The fraction of sp³-hybridized carbons (Fsp3) is 1.00. The smallest absolute Gasteiger partial charge is 0.0701 e. The normalized spacial score (nSPS) is 40.7. The first kappa shape index (κ1) is 13.3. The predicted molar refractivity (Wildman–Crippen MR) is 78.1 cm³/mol. The van der Waals surface area contributed by atoms with E-state index in [1.807, 2.05) is 0 Å². The Kier molecular flexibility index (Phi) is 3.93. The summed E-state index contributed by atoms with van der Waals surface area (Å²) in [6.45, 7) is 3.40. The molecule has 2 saturated heterocycles. The Balaban J connectivity index is 1.65. The summed E-state index contributed by atoms with van der Waals surface area (Å²) in [5.41, 5.74) is 0.251. The van der Waals surface area contributed by atoms with Crippen LogP contribution in [0.5, 0.6) is 0 Å². The molecule has 2 nitrogen and oxygen atoms in total. The molecule has 0 aromatic rings. The average Bonchev–Trinajstić information content (AvgIpc) is 3.08. The van der Waals surface area contributed by atoms with Crippen LogP contribution in [0.3, 0.4) is 0 Å². The molecule has 2 heterocycles. The molecule has 0 aromatic carbocycles. The Labute approximate surface area is 116 Å². The second-order valence-electron chi connectivity index (χ2n) is 6.59. The van der Waals surface area contributed by atoms with Gasteiger partial charge in [0.05, 0.1) is 5.60 Å². The lowest BCUT2D eigenvalue weighted by Crippen LogP contribution is -2.48. The summed E-state index contributed by atoms with van der Waals surface area (Å²) >= 11 is 2.10. The summed E-state index contributed by atoms with van der Waals surface area (Å²) in [5, 5.41) is 3.63. The van der Waals surface area contributed by atoms with Gasteiger partial charge in [0, 0.05) is 12.6 Å². The van der Waals surface area contributed by atoms with Gasteiger partial charge >= 0.3 is 0 Å². The molecule has 1 aliphatic carbocycles. The Morgan fingerprint density at radius 3 is 2.67 bits per heavy atom. The molecule has 0 radical (unpaired) electrons. The van der Waals surface area contributed by atoms with E-state index >= 15 is 0 Å². The molecule has 104 valence electrons. The van der Waals surface area contributed by atoms with Gasteiger partial charge in [-0.25, -0.2) is 0 Å². The summed E-state index contributed by atoms with van der Waals surface area (Å²) in [4.78, 5) is 0. The van der Waals surface area contributed by atoms with Gasteiger partial charge in [-0.3, -0.25) is 0 Å². The van der Waals surface area contributed by atoms with Gasteiger partial charge in [0.15, 0.2) is 0 Å². The third-order valence-electron chi connectivity index (χ3n) is 5.41. The highest BCUT2D eigenvalue weighted by atomic mass is 32.2. The topological polar surface area (TPSA) is 21.3 Å². The van der Waals surface area contributed by atoms with Gasteiger partial charge in [-0.05, 0) is 68.4 Å². The van der Waals surface area contributed by atoms with E-state index in [9.17, 15) is 0 Å².